The smallest absolute Gasteiger partial charge is 0.362 e. The number of aromatic nitrogens is 4. The maximum absolute atomic E-state index is 12.2. The van der Waals surface area contributed by atoms with Crippen molar-refractivity contribution in [1.29, 1.82) is 0 Å². The largest absolute Gasteiger partial charge is 0.507 e. The minimum absolute atomic E-state index is 0.270. The predicted octanol–water partition coefficient (Wildman–Crippen LogP) is -0.726. The zero-order chi connectivity index (χ0) is 24.5. The van der Waals surface area contributed by atoms with Crippen LogP contribution in [0.4, 0.5) is 5.82 Å². The molecule has 1 fully saturated rings. The van der Waals surface area contributed by atoms with Gasteiger partial charge in [-0.3, -0.25) is 13.5 Å². The Hall–Kier alpha value is -3.37. The number of hydrogen-bond donors (Lipinski definition) is 5. The van der Waals surface area contributed by atoms with Gasteiger partial charge < -0.3 is 25.4 Å². The molecule has 0 saturated carbocycles. The molecule has 1 amide bonds. The lowest BCUT2D eigenvalue weighted by molar-refractivity contribution is -0.0468. The summed E-state index contributed by atoms with van der Waals surface area (Å²) < 4.78 is 37.8. The van der Waals surface area contributed by atoms with E-state index in [-0.39, 0.29) is 5.56 Å². The van der Waals surface area contributed by atoms with Gasteiger partial charge in [0.05, 0.1) is 18.5 Å². The normalized spacial score (nSPS) is 22.7. The quantitative estimate of drug-likeness (QED) is 0.264. The second kappa shape index (κ2) is 9.47. The Morgan fingerprint density at radius 2 is 1.97 bits per heavy atom. The van der Waals surface area contributed by atoms with Crippen LogP contribution < -0.4 is 10.0 Å². The maximum atomic E-state index is 12.2. The number of hydrogen-bond acceptors (Lipinski definition) is 12. The molecule has 3 aromatic rings. The van der Waals surface area contributed by atoms with Gasteiger partial charge in [-0.25, -0.2) is 19.7 Å². The van der Waals surface area contributed by atoms with Crippen LogP contribution in [0.2, 0.25) is 0 Å². The summed E-state index contributed by atoms with van der Waals surface area (Å²) in [7, 11) is -4.62. The fraction of sp³-hybridized carbons (Fsp3) is 0.368. The predicted molar refractivity (Wildman–Crippen MR) is 116 cm³/mol. The number of nitrogens with zero attached hydrogens (tertiary/aromatic N) is 4. The molecule has 34 heavy (non-hydrogen) atoms. The van der Waals surface area contributed by atoms with Crippen LogP contribution in [0.3, 0.4) is 0 Å². The number of phenolic OH excluding ortho intramolecular Hbond substituents is 1. The molecule has 0 bridgehead atoms. The van der Waals surface area contributed by atoms with Crippen molar-refractivity contribution in [3.05, 3.63) is 42.5 Å². The van der Waals surface area contributed by atoms with Crippen LogP contribution in [0, 0.1) is 0 Å². The molecule has 0 spiro atoms. The average molecular weight is 494 g/mol. The molecule has 0 aliphatic carbocycles. The standard InChI is InChI=1S/C19H22N6O8S/c1-2-20-16-13-17(22-8-21-16)25(9-23-13)19-15(28)14(27)12(33-19)7-32-34(30,31)24-18(29)10-5-3-4-6-11(10)26/h3-6,8-9,12,14-15,19,26-28H,2,7H2,1H3,(H,24,29)(H,20,21,22)/t12-,14-,15-,19-/m1/s1. The molecule has 1 aliphatic heterocycles. The molecular weight excluding hydrogens is 472 g/mol. The number of anilines is 1. The van der Waals surface area contributed by atoms with Crippen molar-refractivity contribution in [3.8, 4) is 5.75 Å². The van der Waals surface area contributed by atoms with Crippen molar-refractivity contribution < 1.29 is 37.5 Å². The van der Waals surface area contributed by atoms with Gasteiger partial charge in [0, 0.05) is 6.54 Å². The molecule has 14 nitrogen and oxygen atoms in total. The molecule has 0 radical (unpaired) electrons. The number of para-hydroxylation sites is 1. The number of carbonyl (C=O) groups is 1. The molecule has 182 valence electrons. The number of carbonyl (C=O) groups excluding carboxylic acids is 1. The van der Waals surface area contributed by atoms with Gasteiger partial charge in [-0.1, -0.05) is 12.1 Å². The van der Waals surface area contributed by atoms with Crippen molar-refractivity contribution in [2.45, 2.75) is 31.5 Å². The minimum Gasteiger partial charge on any atom is -0.507 e. The highest BCUT2D eigenvalue weighted by Gasteiger charge is 2.45. The highest BCUT2D eigenvalue weighted by atomic mass is 32.2. The van der Waals surface area contributed by atoms with Gasteiger partial charge in [0.2, 0.25) is 0 Å². The van der Waals surface area contributed by atoms with E-state index in [1.54, 1.807) is 4.72 Å². The first-order valence-electron chi connectivity index (χ1n) is 10.1. The number of phenols is 1. The zero-order valence-electron chi connectivity index (χ0n) is 17.8. The van der Waals surface area contributed by atoms with Gasteiger partial charge in [0.25, 0.3) is 5.91 Å². The summed E-state index contributed by atoms with van der Waals surface area (Å²) in [5, 5.41) is 33.6. The number of aliphatic hydroxyl groups excluding tert-OH is 2. The van der Waals surface area contributed by atoms with Crippen LogP contribution in [0.1, 0.15) is 23.5 Å². The molecule has 0 unspecified atom stereocenters. The number of rotatable bonds is 8. The summed E-state index contributed by atoms with van der Waals surface area (Å²) in [6, 6.07) is 5.36. The summed E-state index contributed by atoms with van der Waals surface area (Å²) in [4.78, 5) is 24.6. The Labute approximate surface area is 193 Å². The van der Waals surface area contributed by atoms with Crippen LogP contribution in [-0.2, 0) is 19.2 Å². The number of ether oxygens (including phenoxy) is 1. The summed E-state index contributed by atoms with van der Waals surface area (Å²) in [6.45, 7) is 1.77. The number of fused-ring (bicyclic) bond motifs is 1. The number of aliphatic hydroxyl groups is 2. The molecule has 5 N–H and O–H groups in total. The van der Waals surface area contributed by atoms with E-state index >= 15 is 0 Å². The lowest BCUT2D eigenvalue weighted by Gasteiger charge is -2.16. The van der Waals surface area contributed by atoms with Gasteiger partial charge in [-0.05, 0) is 19.1 Å². The maximum Gasteiger partial charge on any atom is 0.362 e. The van der Waals surface area contributed by atoms with Gasteiger partial charge >= 0.3 is 10.3 Å². The molecule has 1 aromatic carbocycles. The Morgan fingerprint density at radius 3 is 2.71 bits per heavy atom. The van der Waals surface area contributed by atoms with E-state index in [4.69, 9.17) is 8.92 Å². The van der Waals surface area contributed by atoms with Gasteiger partial charge in [-0.2, -0.15) is 8.42 Å². The highest BCUT2D eigenvalue weighted by molar-refractivity contribution is 7.85. The van der Waals surface area contributed by atoms with Crippen LogP contribution in [0.5, 0.6) is 5.75 Å². The number of nitrogens with one attached hydrogen (secondary N) is 2. The van der Waals surface area contributed by atoms with E-state index in [0.717, 1.165) is 0 Å². The summed E-state index contributed by atoms with van der Waals surface area (Å²) in [6.07, 6.45) is -2.71. The van der Waals surface area contributed by atoms with Crippen LogP contribution in [0.15, 0.2) is 36.9 Å². The monoisotopic (exact) mass is 494 g/mol. The van der Waals surface area contributed by atoms with Crippen LogP contribution in [-0.4, -0.2) is 80.6 Å². The Balaban J connectivity index is 1.45. The minimum atomic E-state index is -4.62. The fourth-order valence-corrected chi connectivity index (χ4v) is 4.16. The fourth-order valence-electron chi connectivity index (χ4n) is 3.45. The van der Waals surface area contributed by atoms with Crippen LogP contribution in [0.25, 0.3) is 11.2 Å². The Morgan fingerprint density at radius 1 is 1.21 bits per heavy atom. The molecule has 4 rings (SSSR count). The molecule has 2 aromatic heterocycles. The number of aromatic hydroxyl groups is 1. The highest BCUT2D eigenvalue weighted by Crippen LogP contribution is 2.32. The first kappa shape index (κ1) is 23.8. The Kier molecular flexibility index (Phi) is 6.63. The number of amides is 1. The summed E-state index contributed by atoms with van der Waals surface area (Å²) in [5.74, 6) is -1.04. The van der Waals surface area contributed by atoms with Gasteiger partial charge in [0.15, 0.2) is 23.2 Å². The second-order valence-electron chi connectivity index (χ2n) is 7.31. The van der Waals surface area contributed by atoms with Crippen molar-refractivity contribution in [2.75, 3.05) is 18.5 Å². The first-order chi connectivity index (χ1) is 16.2. The van der Waals surface area contributed by atoms with E-state index in [9.17, 15) is 28.5 Å². The molecule has 4 atom stereocenters. The second-order valence-corrected chi connectivity index (χ2v) is 8.66. The molecule has 3 heterocycles. The third kappa shape index (κ3) is 4.64. The summed E-state index contributed by atoms with van der Waals surface area (Å²) >= 11 is 0. The molecule has 15 heteroatoms. The SMILES string of the molecule is CCNc1ncnc2c1ncn2[C@@H]1O[C@H](COS(=O)(=O)NC(=O)c2ccccc2O)[C@@H](O)[C@H]1O. The topological polar surface area (TPSA) is 198 Å². The van der Waals surface area contributed by atoms with E-state index < -0.39 is 53.1 Å². The number of imidazole rings is 1. The molecule has 1 saturated heterocycles. The Bertz CT molecular complexity index is 1300. The lowest BCUT2D eigenvalue weighted by atomic mass is 10.1. The zero-order valence-corrected chi connectivity index (χ0v) is 18.6. The molecular formula is C19H22N6O8S. The van der Waals surface area contributed by atoms with E-state index in [0.29, 0.717) is 23.5 Å². The van der Waals surface area contributed by atoms with Crippen molar-refractivity contribution in [3.63, 3.8) is 0 Å². The van der Waals surface area contributed by atoms with Gasteiger partial charge in [-0.15, -0.1) is 0 Å². The van der Waals surface area contributed by atoms with E-state index in [1.165, 1.54) is 41.5 Å². The average Bonchev–Trinajstić information content (AvgIpc) is 3.34. The van der Waals surface area contributed by atoms with Crippen molar-refractivity contribution >= 4 is 33.2 Å². The first-order valence-corrected chi connectivity index (χ1v) is 11.5. The van der Waals surface area contributed by atoms with E-state index in [2.05, 4.69) is 20.3 Å². The third-order valence-corrected chi connectivity index (χ3v) is 5.95. The third-order valence-electron chi connectivity index (χ3n) is 5.07. The lowest BCUT2D eigenvalue weighted by Crippen LogP contribution is -2.37. The van der Waals surface area contributed by atoms with Gasteiger partial charge in [0.1, 0.15) is 30.4 Å². The van der Waals surface area contributed by atoms with Crippen molar-refractivity contribution in [2.24, 2.45) is 0 Å². The molecule has 1 aliphatic rings. The van der Waals surface area contributed by atoms with Crippen LogP contribution >= 0.6 is 0 Å². The van der Waals surface area contributed by atoms with Crippen molar-refractivity contribution in [1.82, 2.24) is 24.2 Å². The van der Waals surface area contributed by atoms with E-state index in [1.807, 2.05) is 6.92 Å². The number of benzene rings is 1. The summed E-state index contributed by atoms with van der Waals surface area (Å²) in [5.41, 5.74) is 0.475.